The zero-order chi connectivity index (χ0) is 22.9. The van der Waals surface area contributed by atoms with Gasteiger partial charge in [-0.2, -0.15) is 4.98 Å². The molecule has 0 amide bonds. The van der Waals surface area contributed by atoms with E-state index >= 15 is 0 Å². The number of ether oxygens (including phenoxy) is 1. The van der Waals surface area contributed by atoms with Gasteiger partial charge in [-0.05, 0) is 56.4 Å². The molecule has 1 aliphatic heterocycles. The summed E-state index contributed by atoms with van der Waals surface area (Å²) in [6.07, 6.45) is 1.82. The van der Waals surface area contributed by atoms with E-state index in [0.717, 1.165) is 18.4 Å². The summed E-state index contributed by atoms with van der Waals surface area (Å²) in [5.41, 5.74) is 2.68. The van der Waals surface area contributed by atoms with Crippen molar-refractivity contribution in [2.75, 3.05) is 4.72 Å². The quantitative estimate of drug-likeness (QED) is 0.570. The van der Waals surface area contributed by atoms with E-state index in [9.17, 15) is 13.2 Å². The van der Waals surface area contributed by atoms with Crippen LogP contribution in [-0.2, 0) is 19.6 Å². The first kappa shape index (κ1) is 20.4. The summed E-state index contributed by atoms with van der Waals surface area (Å²) in [4.78, 5) is 17.1. The number of carbonyl (C=O) groups is 1. The number of fused-ring (bicyclic) bond motifs is 1. The fourth-order valence-corrected chi connectivity index (χ4v) is 7.02. The number of carbonyl (C=O) groups excluding carboxylic acids is 1. The average Bonchev–Trinajstić information content (AvgIpc) is 3.52. The molecule has 3 aliphatic rings. The van der Waals surface area contributed by atoms with Gasteiger partial charge in [-0.15, -0.1) is 0 Å². The van der Waals surface area contributed by atoms with Crippen LogP contribution in [0, 0.1) is 31.6 Å². The number of hydrogen-bond donors (Lipinski definition) is 1. The van der Waals surface area contributed by atoms with Gasteiger partial charge in [-0.1, -0.05) is 35.0 Å². The summed E-state index contributed by atoms with van der Waals surface area (Å²) < 4.78 is 39.9. The number of rotatable bonds is 5. The summed E-state index contributed by atoms with van der Waals surface area (Å²) in [6, 6.07) is 12.2. The first-order valence-electron chi connectivity index (χ1n) is 11.0. The topological polar surface area (TPSA) is 111 Å². The molecule has 2 saturated carbocycles. The van der Waals surface area contributed by atoms with Crippen LogP contribution < -0.4 is 4.72 Å². The van der Waals surface area contributed by atoms with Crippen LogP contribution in [0.2, 0.25) is 0 Å². The van der Waals surface area contributed by atoms with Crippen molar-refractivity contribution in [1.82, 2.24) is 10.1 Å². The highest BCUT2D eigenvalue weighted by Crippen LogP contribution is 2.61. The molecule has 3 fully saturated rings. The van der Waals surface area contributed by atoms with Gasteiger partial charge in [0.05, 0.1) is 16.7 Å². The van der Waals surface area contributed by atoms with Gasteiger partial charge in [0, 0.05) is 17.2 Å². The second kappa shape index (κ2) is 7.15. The highest BCUT2D eigenvalue weighted by Gasteiger charge is 2.63. The predicted octanol–water partition coefficient (Wildman–Crippen LogP) is 3.82. The van der Waals surface area contributed by atoms with E-state index in [1.807, 2.05) is 19.1 Å². The van der Waals surface area contributed by atoms with Crippen LogP contribution in [0.25, 0.3) is 11.4 Å². The summed E-state index contributed by atoms with van der Waals surface area (Å²) >= 11 is 0. The Labute approximate surface area is 191 Å². The number of aromatic nitrogens is 2. The highest BCUT2D eigenvalue weighted by molar-refractivity contribution is 7.92. The van der Waals surface area contributed by atoms with Crippen LogP contribution >= 0.6 is 0 Å². The molecule has 3 aromatic rings. The van der Waals surface area contributed by atoms with Crippen LogP contribution in [0.3, 0.4) is 0 Å². The molecule has 0 radical (unpaired) electrons. The molecule has 1 N–H and O–H groups in total. The van der Waals surface area contributed by atoms with Gasteiger partial charge < -0.3 is 9.26 Å². The Bertz CT molecular complexity index is 1360. The number of sulfonamides is 1. The molecular weight excluding hydrogens is 442 g/mol. The normalized spacial score (nSPS) is 27.7. The molecule has 33 heavy (non-hydrogen) atoms. The van der Waals surface area contributed by atoms with Crippen LogP contribution in [0.4, 0.5) is 5.69 Å². The number of nitrogens with one attached hydrogen (secondary N) is 1. The van der Waals surface area contributed by atoms with Gasteiger partial charge in [-0.25, -0.2) is 8.42 Å². The molecule has 9 heteroatoms. The molecule has 0 unspecified atom stereocenters. The summed E-state index contributed by atoms with van der Waals surface area (Å²) in [5, 5.41) is 4.12. The maximum absolute atomic E-state index is 13.1. The molecule has 2 bridgehead atoms. The summed E-state index contributed by atoms with van der Waals surface area (Å²) in [6.45, 7) is 3.68. The second-order valence-electron chi connectivity index (χ2n) is 9.33. The van der Waals surface area contributed by atoms with E-state index in [4.69, 9.17) is 9.26 Å². The van der Waals surface area contributed by atoms with Crippen LogP contribution in [-0.4, -0.2) is 30.6 Å². The molecule has 170 valence electrons. The fourth-order valence-electron chi connectivity index (χ4n) is 5.69. The lowest BCUT2D eigenvalue weighted by Gasteiger charge is -2.20. The van der Waals surface area contributed by atoms with Gasteiger partial charge in [0.15, 0.2) is 0 Å². The number of aryl methyl sites for hydroxylation is 2. The largest absolute Gasteiger partial charge is 0.462 e. The van der Waals surface area contributed by atoms with Crippen molar-refractivity contribution in [2.24, 2.45) is 17.8 Å². The van der Waals surface area contributed by atoms with E-state index in [1.165, 1.54) is 0 Å². The molecule has 2 heterocycles. The zero-order valence-electron chi connectivity index (χ0n) is 18.2. The minimum Gasteiger partial charge on any atom is -0.462 e. The standard InChI is InChI=1S/C24H23N3O5S/c1-12-3-7-16(8-4-12)27-33(29,30)19-11-14(6-5-13(19)2)22-25-23(32-26-22)20-15-9-17-18(10-15)31-24(28)21(17)20/h3-8,11,15,17-18,20-21,27H,9-10H2,1-2H3/t15-,17+,18-,20+,21-/m0/s1. The van der Waals surface area contributed by atoms with Crippen LogP contribution in [0.15, 0.2) is 51.9 Å². The van der Waals surface area contributed by atoms with Crippen LogP contribution in [0.1, 0.15) is 35.8 Å². The molecule has 5 atom stereocenters. The van der Waals surface area contributed by atoms with E-state index in [0.29, 0.717) is 34.4 Å². The third-order valence-electron chi connectivity index (χ3n) is 7.25. The number of hydrogen-bond acceptors (Lipinski definition) is 7. The van der Waals surface area contributed by atoms with Gasteiger partial charge in [-0.3, -0.25) is 9.52 Å². The lowest BCUT2D eigenvalue weighted by atomic mass is 9.80. The van der Waals surface area contributed by atoms with E-state index in [-0.39, 0.29) is 34.7 Å². The second-order valence-corrected chi connectivity index (χ2v) is 11.0. The van der Waals surface area contributed by atoms with Crippen LogP contribution in [0.5, 0.6) is 0 Å². The summed E-state index contributed by atoms with van der Waals surface area (Å²) in [7, 11) is -3.81. The zero-order valence-corrected chi connectivity index (χ0v) is 19.0. The fraction of sp³-hybridized carbons (Fsp3) is 0.375. The van der Waals surface area contributed by atoms with Gasteiger partial charge in [0.1, 0.15) is 6.10 Å². The Kier molecular flexibility index (Phi) is 4.42. The minimum atomic E-state index is -3.81. The van der Waals surface area contributed by atoms with Crippen molar-refractivity contribution in [3.63, 3.8) is 0 Å². The Morgan fingerprint density at radius 2 is 1.82 bits per heavy atom. The number of nitrogens with zero attached hydrogens (tertiary/aromatic N) is 2. The third kappa shape index (κ3) is 3.25. The lowest BCUT2D eigenvalue weighted by Crippen LogP contribution is -2.24. The van der Waals surface area contributed by atoms with Crippen molar-refractivity contribution < 1.29 is 22.5 Å². The predicted molar refractivity (Wildman–Crippen MR) is 119 cm³/mol. The van der Waals surface area contributed by atoms with Crippen molar-refractivity contribution in [1.29, 1.82) is 0 Å². The average molecular weight is 466 g/mol. The molecule has 2 aromatic carbocycles. The number of esters is 1. The highest BCUT2D eigenvalue weighted by atomic mass is 32.2. The van der Waals surface area contributed by atoms with E-state index in [1.54, 1.807) is 37.3 Å². The minimum absolute atomic E-state index is 0.0389. The van der Waals surface area contributed by atoms with Crippen molar-refractivity contribution in [2.45, 2.75) is 43.6 Å². The molecule has 2 aliphatic carbocycles. The monoisotopic (exact) mass is 465 g/mol. The van der Waals surface area contributed by atoms with Gasteiger partial charge in [0.25, 0.3) is 10.0 Å². The number of benzene rings is 2. The van der Waals surface area contributed by atoms with Gasteiger partial charge in [0.2, 0.25) is 11.7 Å². The Morgan fingerprint density at radius 3 is 2.61 bits per heavy atom. The molecule has 0 spiro atoms. The van der Waals surface area contributed by atoms with Gasteiger partial charge >= 0.3 is 5.97 Å². The van der Waals surface area contributed by atoms with Crippen molar-refractivity contribution >= 4 is 21.7 Å². The Hall–Kier alpha value is -3.20. The molecule has 1 aromatic heterocycles. The van der Waals surface area contributed by atoms with E-state index in [2.05, 4.69) is 14.9 Å². The Morgan fingerprint density at radius 1 is 1.03 bits per heavy atom. The summed E-state index contributed by atoms with van der Waals surface area (Å²) in [5.74, 6) is 0.781. The lowest BCUT2D eigenvalue weighted by molar-refractivity contribution is -0.143. The van der Waals surface area contributed by atoms with E-state index < -0.39 is 10.0 Å². The maximum Gasteiger partial charge on any atom is 0.310 e. The third-order valence-corrected chi connectivity index (χ3v) is 8.77. The smallest absolute Gasteiger partial charge is 0.310 e. The molecule has 6 rings (SSSR count). The SMILES string of the molecule is Cc1ccc(NS(=O)(=O)c2cc(-c3noc([C@@H]4[C@H]5C[C@H]6[C@@H]4C(=O)O[C@H]6C5)n3)ccc2C)cc1. The van der Waals surface area contributed by atoms with Crippen molar-refractivity contribution in [3.05, 3.63) is 59.5 Å². The molecule has 1 saturated heterocycles. The Balaban J connectivity index is 1.30. The molecular formula is C24H23N3O5S. The number of anilines is 1. The maximum atomic E-state index is 13.1. The first-order valence-corrected chi connectivity index (χ1v) is 12.5. The first-order chi connectivity index (χ1) is 15.8. The molecule has 8 nitrogen and oxygen atoms in total. The van der Waals surface area contributed by atoms with Crippen molar-refractivity contribution in [3.8, 4) is 11.4 Å².